The Balaban J connectivity index is 2.04. The van der Waals surface area contributed by atoms with Crippen molar-refractivity contribution >= 4 is 28.1 Å². The smallest absolute Gasteiger partial charge is 0.0587 e. The summed E-state index contributed by atoms with van der Waals surface area (Å²) in [5, 5.41) is 4.50. The van der Waals surface area contributed by atoms with E-state index in [-0.39, 0.29) is 0 Å². The minimum Gasteiger partial charge on any atom is -0.399 e. The van der Waals surface area contributed by atoms with Gasteiger partial charge in [0.25, 0.3) is 0 Å². The van der Waals surface area contributed by atoms with Crippen molar-refractivity contribution in [1.82, 2.24) is 9.78 Å². The van der Waals surface area contributed by atoms with Crippen molar-refractivity contribution in [3.8, 4) is 0 Å². The minimum atomic E-state index is -1.14. The number of anilines is 1. The van der Waals surface area contributed by atoms with Crippen molar-refractivity contribution in [1.29, 1.82) is 0 Å². The summed E-state index contributed by atoms with van der Waals surface area (Å²) in [5.41, 5.74) is 6.15. The molecule has 6 heteroatoms. The van der Waals surface area contributed by atoms with Crippen molar-refractivity contribution in [2.24, 2.45) is 0 Å². The lowest BCUT2D eigenvalue weighted by Gasteiger charge is -2.05. The molecule has 1 aromatic carbocycles. The van der Waals surface area contributed by atoms with E-state index in [9.17, 15) is 4.21 Å². The number of hydrogen-bond acceptors (Lipinski definition) is 3. The fraction of sp³-hybridized carbons (Fsp3) is 0.182. The average Bonchev–Trinajstić information content (AvgIpc) is 2.78. The van der Waals surface area contributed by atoms with Crippen LogP contribution in [0.5, 0.6) is 0 Å². The summed E-state index contributed by atoms with van der Waals surface area (Å²) in [6, 6.07) is 6.85. The van der Waals surface area contributed by atoms with Crippen LogP contribution in [0.4, 0.5) is 5.69 Å². The fourth-order valence-electron chi connectivity index (χ4n) is 1.42. The van der Waals surface area contributed by atoms with Crippen molar-refractivity contribution in [2.45, 2.75) is 11.4 Å². The van der Waals surface area contributed by atoms with Crippen LogP contribution < -0.4 is 5.73 Å². The largest absolute Gasteiger partial charge is 0.399 e. The normalized spacial score (nSPS) is 12.5. The Bertz CT molecular complexity index is 528. The Morgan fingerprint density at radius 2 is 2.29 bits per heavy atom. The SMILES string of the molecule is Nc1ccc(S(=O)CCn2cccn2)c(Cl)c1. The van der Waals surface area contributed by atoms with Crippen LogP contribution in [0.3, 0.4) is 0 Å². The van der Waals surface area contributed by atoms with Crippen molar-refractivity contribution in [2.75, 3.05) is 11.5 Å². The van der Waals surface area contributed by atoms with E-state index in [1.165, 1.54) is 0 Å². The summed E-state index contributed by atoms with van der Waals surface area (Å²) in [7, 11) is -1.14. The van der Waals surface area contributed by atoms with Crippen LogP contribution >= 0.6 is 11.6 Å². The number of benzene rings is 1. The van der Waals surface area contributed by atoms with Gasteiger partial charge < -0.3 is 5.73 Å². The number of nitrogens with two attached hydrogens (primary N) is 1. The summed E-state index contributed by atoms with van der Waals surface area (Å²) in [6.45, 7) is 0.598. The zero-order chi connectivity index (χ0) is 12.3. The van der Waals surface area contributed by atoms with Gasteiger partial charge in [0, 0.05) is 23.8 Å². The van der Waals surface area contributed by atoms with Crippen molar-refractivity contribution < 1.29 is 4.21 Å². The Morgan fingerprint density at radius 1 is 1.47 bits per heavy atom. The van der Waals surface area contributed by atoms with Crippen molar-refractivity contribution in [3.05, 3.63) is 41.7 Å². The van der Waals surface area contributed by atoms with Gasteiger partial charge in [-0.3, -0.25) is 8.89 Å². The van der Waals surface area contributed by atoms with E-state index >= 15 is 0 Å². The van der Waals surface area contributed by atoms with E-state index in [4.69, 9.17) is 17.3 Å². The molecule has 1 aromatic heterocycles. The summed E-state index contributed by atoms with van der Waals surface area (Å²) >= 11 is 5.99. The highest BCUT2D eigenvalue weighted by atomic mass is 35.5. The third-order valence-corrected chi connectivity index (χ3v) is 4.09. The number of rotatable bonds is 4. The Kier molecular flexibility index (Phi) is 3.81. The van der Waals surface area contributed by atoms with Gasteiger partial charge in [-0.15, -0.1) is 0 Å². The first-order valence-corrected chi connectivity index (χ1v) is 6.77. The minimum absolute atomic E-state index is 0.448. The molecule has 1 atom stereocenters. The summed E-state index contributed by atoms with van der Waals surface area (Å²) in [6.07, 6.45) is 3.53. The molecular formula is C11H12ClN3OS. The lowest BCUT2D eigenvalue weighted by Crippen LogP contribution is -2.08. The third kappa shape index (κ3) is 3.08. The molecule has 0 amide bonds. The van der Waals surface area contributed by atoms with Gasteiger partial charge >= 0.3 is 0 Å². The number of hydrogen-bond donors (Lipinski definition) is 1. The van der Waals surface area contributed by atoms with Crippen LogP contribution in [-0.2, 0) is 17.3 Å². The van der Waals surface area contributed by atoms with E-state index in [2.05, 4.69) is 5.10 Å². The zero-order valence-electron chi connectivity index (χ0n) is 9.04. The molecular weight excluding hydrogens is 258 g/mol. The lowest BCUT2D eigenvalue weighted by molar-refractivity contribution is 0.644. The highest BCUT2D eigenvalue weighted by Crippen LogP contribution is 2.22. The van der Waals surface area contributed by atoms with E-state index in [0.717, 1.165) is 0 Å². The monoisotopic (exact) mass is 269 g/mol. The predicted octanol–water partition coefficient (Wildman–Crippen LogP) is 1.93. The molecule has 2 aromatic rings. The number of nitrogens with zero attached hydrogens (tertiary/aromatic N) is 2. The molecule has 0 saturated carbocycles. The first-order valence-electron chi connectivity index (χ1n) is 5.07. The maximum atomic E-state index is 12.0. The molecule has 2 N–H and O–H groups in total. The Labute approximate surface area is 107 Å². The highest BCUT2D eigenvalue weighted by Gasteiger charge is 2.09. The predicted molar refractivity (Wildman–Crippen MR) is 69.4 cm³/mol. The van der Waals surface area contributed by atoms with Crippen molar-refractivity contribution in [3.63, 3.8) is 0 Å². The molecule has 4 nitrogen and oxygen atoms in total. The molecule has 0 bridgehead atoms. The molecule has 0 radical (unpaired) electrons. The number of nitrogen functional groups attached to an aromatic ring is 1. The quantitative estimate of drug-likeness (QED) is 0.863. The fourth-order valence-corrected chi connectivity index (χ4v) is 2.94. The maximum absolute atomic E-state index is 12.0. The second-order valence-corrected chi connectivity index (χ2v) is 5.45. The van der Waals surface area contributed by atoms with Gasteiger partial charge in [-0.05, 0) is 24.3 Å². The third-order valence-electron chi connectivity index (χ3n) is 2.27. The molecule has 0 fully saturated rings. The van der Waals surface area contributed by atoms with Gasteiger partial charge in [0.05, 0.1) is 27.3 Å². The molecule has 0 saturated heterocycles. The summed E-state index contributed by atoms with van der Waals surface area (Å²) < 4.78 is 13.8. The molecule has 2 rings (SSSR count). The Morgan fingerprint density at radius 3 is 2.94 bits per heavy atom. The van der Waals surface area contributed by atoms with Crippen LogP contribution in [-0.4, -0.2) is 19.7 Å². The first-order chi connectivity index (χ1) is 8.16. The van der Waals surface area contributed by atoms with Crippen LogP contribution in [0.2, 0.25) is 5.02 Å². The number of halogens is 1. The molecule has 17 heavy (non-hydrogen) atoms. The molecule has 0 aliphatic carbocycles. The average molecular weight is 270 g/mol. The molecule has 0 aliphatic rings. The van der Waals surface area contributed by atoms with Gasteiger partial charge in [0.15, 0.2) is 0 Å². The van der Waals surface area contributed by atoms with E-state index in [1.54, 1.807) is 29.1 Å². The standard InChI is InChI=1S/C11H12ClN3OS/c12-10-8-9(13)2-3-11(10)17(16)7-6-15-5-1-4-14-15/h1-5,8H,6-7,13H2. The van der Waals surface area contributed by atoms with Crippen LogP contribution in [0.25, 0.3) is 0 Å². The topological polar surface area (TPSA) is 60.9 Å². The molecule has 1 heterocycles. The van der Waals surface area contributed by atoms with Gasteiger partial charge in [0.2, 0.25) is 0 Å². The van der Waals surface area contributed by atoms with E-state index < -0.39 is 10.8 Å². The van der Waals surface area contributed by atoms with Crippen LogP contribution in [0, 0.1) is 0 Å². The number of aromatic nitrogens is 2. The van der Waals surface area contributed by atoms with Gasteiger partial charge in [-0.1, -0.05) is 11.6 Å². The van der Waals surface area contributed by atoms with E-state index in [0.29, 0.717) is 27.9 Å². The lowest BCUT2D eigenvalue weighted by atomic mass is 10.3. The molecule has 90 valence electrons. The highest BCUT2D eigenvalue weighted by molar-refractivity contribution is 7.85. The second-order valence-electron chi connectivity index (χ2n) is 3.51. The van der Waals surface area contributed by atoms with Gasteiger partial charge in [0.1, 0.15) is 0 Å². The first kappa shape index (κ1) is 12.1. The zero-order valence-corrected chi connectivity index (χ0v) is 10.6. The molecule has 1 unspecified atom stereocenters. The van der Waals surface area contributed by atoms with Gasteiger partial charge in [-0.25, -0.2) is 0 Å². The summed E-state index contributed by atoms with van der Waals surface area (Å²) in [4.78, 5) is 0.619. The van der Waals surface area contributed by atoms with Crippen LogP contribution in [0.15, 0.2) is 41.6 Å². The van der Waals surface area contributed by atoms with Gasteiger partial charge in [-0.2, -0.15) is 5.10 Å². The van der Waals surface area contributed by atoms with E-state index in [1.807, 2.05) is 12.3 Å². The number of aryl methyl sites for hydroxylation is 1. The molecule has 0 aliphatic heterocycles. The Hall–Kier alpha value is -1.33. The summed E-state index contributed by atoms with van der Waals surface area (Å²) in [5.74, 6) is 0.477. The maximum Gasteiger partial charge on any atom is 0.0587 e. The molecule has 0 spiro atoms. The second kappa shape index (κ2) is 5.33. The van der Waals surface area contributed by atoms with Crippen LogP contribution in [0.1, 0.15) is 0 Å².